The Morgan fingerprint density at radius 3 is 0.940 bits per heavy atom. The van der Waals surface area contributed by atoms with Crippen molar-refractivity contribution in [1.29, 1.82) is 0 Å². The van der Waals surface area contributed by atoms with Gasteiger partial charge in [0.15, 0.2) is 0 Å². The Morgan fingerprint density at radius 2 is 0.620 bits per heavy atom. The van der Waals surface area contributed by atoms with Crippen molar-refractivity contribution in [3.05, 3.63) is 193 Å². The number of phenols is 2. The Labute approximate surface area is 292 Å². The van der Waals surface area contributed by atoms with E-state index in [1.165, 1.54) is 0 Å². The molecule has 50 heavy (non-hydrogen) atoms. The molecule has 242 valence electrons. The Bertz CT molecular complexity index is 2140. The standard InChI is InChI=1S/C46H36N2O2/c49-45-35(31-47(37-19-5-1-6-20-37)38-21-7-2-8-22-38)29-33-17-13-15-27-41(33)43(45)44-42-28-16-14-18-34(42)30-36(46(44)50)32-48(39-23-9-3-10-24-39)40-25-11-4-12-26-40/h1-30,49-50H,31-32H2. The fourth-order valence-corrected chi connectivity index (χ4v) is 6.97. The van der Waals surface area contributed by atoms with Gasteiger partial charge in [0, 0.05) is 45.0 Å². The predicted molar refractivity (Wildman–Crippen MR) is 208 cm³/mol. The molecule has 0 amide bonds. The number of hydrogen-bond donors (Lipinski definition) is 2. The zero-order chi connectivity index (χ0) is 33.9. The molecule has 0 spiro atoms. The maximum Gasteiger partial charge on any atom is 0.129 e. The van der Waals surface area contributed by atoms with Crippen LogP contribution in [0, 0.1) is 0 Å². The van der Waals surface area contributed by atoms with E-state index in [1.54, 1.807) is 0 Å². The second-order valence-electron chi connectivity index (χ2n) is 12.5. The summed E-state index contributed by atoms with van der Waals surface area (Å²) in [4.78, 5) is 4.42. The number of anilines is 4. The van der Waals surface area contributed by atoms with Crippen molar-refractivity contribution >= 4 is 44.3 Å². The quantitative estimate of drug-likeness (QED) is 0.163. The second-order valence-corrected chi connectivity index (χ2v) is 12.5. The third kappa shape index (κ3) is 5.88. The van der Waals surface area contributed by atoms with Gasteiger partial charge < -0.3 is 20.0 Å². The van der Waals surface area contributed by atoms with Gasteiger partial charge in [-0.05, 0) is 82.2 Å². The predicted octanol–water partition coefficient (Wildman–Crippen LogP) is 11.7. The number of hydrogen-bond acceptors (Lipinski definition) is 4. The highest BCUT2D eigenvalue weighted by Gasteiger charge is 2.24. The molecule has 4 heteroatoms. The highest BCUT2D eigenvalue weighted by Crippen LogP contribution is 2.49. The molecule has 0 atom stereocenters. The van der Waals surface area contributed by atoms with E-state index in [1.807, 2.05) is 109 Å². The molecule has 0 saturated heterocycles. The van der Waals surface area contributed by atoms with Gasteiger partial charge in [-0.25, -0.2) is 0 Å². The highest BCUT2D eigenvalue weighted by atomic mass is 16.3. The summed E-state index contributed by atoms with van der Waals surface area (Å²) in [5, 5.41) is 28.6. The van der Waals surface area contributed by atoms with Crippen molar-refractivity contribution in [1.82, 2.24) is 0 Å². The number of fused-ring (bicyclic) bond motifs is 2. The van der Waals surface area contributed by atoms with E-state index >= 15 is 0 Å². The van der Waals surface area contributed by atoms with Crippen molar-refractivity contribution in [3.63, 3.8) is 0 Å². The molecule has 0 aliphatic rings. The molecule has 0 fully saturated rings. The molecule has 8 aromatic rings. The van der Waals surface area contributed by atoms with Gasteiger partial charge in [-0.3, -0.25) is 0 Å². The number of para-hydroxylation sites is 4. The van der Waals surface area contributed by atoms with E-state index in [9.17, 15) is 10.2 Å². The Morgan fingerprint density at radius 1 is 0.340 bits per heavy atom. The lowest BCUT2D eigenvalue weighted by Gasteiger charge is -2.28. The lowest BCUT2D eigenvalue weighted by atomic mass is 9.88. The van der Waals surface area contributed by atoms with Crippen LogP contribution in [0.3, 0.4) is 0 Å². The first-order chi connectivity index (χ1) is 24.7. The van der Waals surface area contributed by atoms with Crippen LogP contribution in [0.25, 0.3) is 32.7 Å². The van der Waals surface area contributed by atoms with Crippen LogP contribution in [-0.4, -0.2) is 10.2 Å². The van der Waals surface area contributed by atoms with Gasteiger partial charge >= 0.3 is 0 Å². The summed E-state index contributed by atoms with van der Waals surface area (Å²) in [6.45, 7) is 0.845. The number of benzene rings is 8. The van der Waals surface area contributed by atoms with Crippen molar-refractivity contribution in [2.75, 3.05) is 9.80 Å². The SMILES string of the molecule is Oc1c(CN(c2ccccc2)c2ccccc2)cc2ccccc2c1-c1c(O)c(CN(c2ccccc2)c2ccccc2)cc2ccccc12. The average molecular weight is 649 g/mol. The minimum absolute atomic E-state index is 0.154. The van der Waals surface area contributed by atoms with Gasteiger partial charge in [-0.15, -0.1) is 0 Å². The average Bonchev–Trinajstić information content (AvgIpc) is 3.18. The number of rotatable bonds is 9. The van der Waals surface area contributed by atoms with Crippen LogP contribution in [0.15, 0.2) is 182 Å². The molecule has 8 rings (SSSR count). The summed E-state index contributed by atoms with van der Waals surface area (Å²) in [6, 6.07) is 61.3. The summed E-state index contributed by atoms with van der Waals surface area (Å²) in [5.74, 6) is 0.308. The fraction of sp³-hybridized carbons (Fsp3) is 0.0435. The zero-order valence-electron chi connectivity index (χ0n) is 27.5. The fourth-order valence-electron chi connectivity index (χ4n) is 6.97. The first-order valence-corrected chi connectivity index (χ1v) is 16.9. The van der Waals surface area contributed by atoms with Gasteiger partial charge in [-0.1, -0.05) is 121 Å². The molecule has 0 radical (unpaired) electrons. The Kier molecular flexibility index (Phi) is 8.34. The molecule has 8 aromatic carbocycles. The Balaban J connectivity index is 1.33. The molecular weight excluding hydrogens is 613 g/mol. The van der Waals surface area contributed by atoms with Crippen molar-refractivity contribution in [2.24, 2.45) is 0 Å². The first kappa shape index (κ1) is 30.8. The number of aromatic hydroxyl groups is 2. The molecule has 0 aliphatic heterocycles. The molecule has 2 N–H and O–H groups in total. The summed E-state index contributed by atoms with van der Waals surface area (Å²) in [5.41, 5.74) is 6.84. The third-order valence-electron chi connectivity index (χ3n) is 9.38. The lowest BCUT2D eigenvalue weighted by molar-refractivity contribution is 0.463. The number of phenolic OH excluding ortho intramolecular Hbond substituents is 2. The van der Waals surface area contributed by atoms with Crippen LogP contribution in [0.5, 0.6) is 11.5 Å². The lowest BCUT2D eigenvalue weighted by Crippen LogP contribution is -2.17. The van der Waals surface area contributed by atoms with E-state index < -0.39 is 0 Å². The third-order valence-corrected chi connectivity index (χ3v) is 9.38. The van der Waals surface area contributed by atoms with Crippen molar-refractivity contribution in [2.45, 2.75) is 13.1 Å². The van der Waals surface area contributed by atoms with Crippen LogP contribution in [0.2, 0.25) is 0 Å². The van der Waals surface area contributed by atoms with Gasteiger partial charge in [0.25, 0.3) is 0 Å². The van der Waals surface area contributed by atoms with E-state index in [2.05, 4.69) is 82.6 Å². The number of nitrogens with zero attached hydrogens (tertiary/aromatic N) is 2. The topological polar surface area (TPSA) is 46.9 Å². The van der Waals surface area contributed by atoms with Crippen molar-refractivity contribution < 1.29 is 10.2 Å². The van der Waals surface area contributed by atoms with Crippen LogP contribution in [0.1, 0.15) is 11.1 Å². The molecule has 0 aromatic heterocycles. The Hall–Kier alpha value is -6.52. The summed E-state index contributed by atoms with van der Waals surface area (Å²) >= 11 is 0. The largest absolute Gasteiger partial charge is 0.507 e. The maximum absolute atomic E-state index is 12.4. The van der Waals surface area contributed by atoms with Crippen molar-refractivity contribution in [3.8, 4) is 22.6 Å². The van der Waals surface area contributed by atoms with Crippen LogP contribution in [-0.2, 0) is 13.1 Å². The van der Waals surface area contributed by atoms with Crippen LogP contribution in [0.4, 0.5) is 22.7 Å². The zero-order valence-corrected chi connectivity index (χ0v) is 27.5. The van der Waals surface area contributed by atoms with Gasteiger partial charge in [-0.2, -0.15) is 0 Å². The van der Waals surface area contributed by atoms with Gasteiger partial charge in [0.05, 0.1) is 13.1 Å². The molecule has 0 bridgehead atoms. The first-order valence-electron chi connectivity index (χ1n) is 16.9. The monoisotopic (exact) mass is 648 g/mol. The molecule has 0 heterocycles. The van der Waals surface area contributed by atoms with E-state index in [0.717, 1.165) is 55.4 Å². The highest BCUT2D eigenvalue weighted by molar-refractivity contribution is 6.10. The van der Waals surface area contributed by atoms with E-state index in [0.29, 0.717) is 24.2 Å². The smallest absolute Gasteiger partial charge is 0.129 e. The summed E-state index contributed by atoms with van der Waals surface area (Å²) in [7, 11) is 0. The minimum atomic E-state index is 0.154. The summed E-state index contributed by atoms with van der Waals surface area (Å²) in [6.07, 6.45) is 0. The van der Waals surface area contributed by atoms with Crippen LogP contribution < -0.4 is 9.80 Å². The molecule has 4 nitrogen and oxygen atoms in total. The van der Waals surface area contributed by atoms with Gasteiger partial charge in [0.1, 0.15) is 11.5 Å². The maximum atomic E-state index is 12.4. The summed E-state index contributed by atoms with van der Waals surface area (Å²) < 4.78 is 0. The molecule has 0 unspecified atom stereocenters. The minimum Gasteiger partial charge on any atom is -0.507 e. The normalized spacial score (nSPS) is 11.1. The molecule has 0 saturated carbocycles. The van der Waals surface area contributed by atoms with E-state index in [-0.39, 0.29) is 11.5 Å². The van der Waals surface area contributed by atoms with E-state index in [4.69, 9.17) is 0 Å². The molecular formula is C46H36N2O2. The second kappa shape index (κ2) is 13.5. The molecule has 0 aliphatic carbocycles. The van der Waals surface area contributed by atoms with Gasteiger partial charge in [0.2, 0.25) is 0 Å². The van der Waals surface area contributed by atoms with Crippen LogP contribution >= 0.6 is 0 Å².